The first-order valence-corrected chi connectivity index (χ1v) is 6.96. The quantitative estimate of drug-likeness (QED) is 0.912. The number of likely N-dealkylation sites (N-methyl/N-ethyl adjacent to an activating group) is 1. The van der Waals surface area contributed by atoms with Crippen LogP contribution in [-0.4, -0.2) is 23.4 Å². The maximum atomic E-state index is 6.01. The summed E-state index contributed by atoms with van der Waals surface area (Å²) in [7, 11) is 3.91. The summed E-state index contributed by atoms with van der Waals surface area (Å²) in [5.74, 6) is 0. The molecule has 4 nitrogen and oxygen atoms in total. The summed E-state index contributed by atoms with van der Waals surface area (Å²) >= 11 is 0. The number of hydrogen-bond donors (Lipinski definition) is 1. The van der Waals surface area contributed by atoms with E-state index in [-0.39, 0.29) is 11.6 Å². The van der Waals surface area contributed by atoms with E-state index in [1.807, 2.05) is 31.2 Å². The first-order chi connectivity index (χ1) is 9.51. The predicted octanol–water partition coefficient (Wildman–Crippen LogP) is 2.61. The molecule has 1 aromatic heterocycles. The second-order valence-electron chi connectivity index (χ2n) is 5.87. The molecule has 1 atom stereocenters. The number of aryl methyl sites for hydroxylation is 1. The Labute approximate surface area is 119 Å². The Kier molecular flexibility index (Phi) is 3.15. The van der Waals surface area contributed by atoms with Gasteiger partial charge in [-0.2, -0.15) is 5.10 Å². The minimum Gasteiger partial charge on any atom is -0.369 e. The lowest BCUT2D eigenvalue weighted by Crippen LogP contribution is -2.36. The van der Waals surface area contributed by atoms with Crippen molar-refractivity contribution in [2.45, 2.75) is 25.5 Å². The molecule has 2 heterocycles. The molecule has 0 saturated heterocycles. The van der Waals surface area contributed by atoms with Crippen molar-refractivity contribution in [2.24, 2.45) is 7.05 Å². The standard InChI is InChI=1S/C16H21N3O/c1-16(2)14-7-11(12-8-18-19(4)9-12)5-6-13(14)15(17-3)10-20-16/h5-9,15,17H,10H2,1-4H3. The van der Waals surface area contributed by atoms with Crippen molar-refractivity contribution in [3.8, 4) is 11.1 Å². The van der Waals surface area contributed by atoms with E-state index in [2.05, 4.69) is 42.5 Å². The van der Waals surface area contributed by atoms with Gasteiger partial charge in [-0.15, -0.1) is 0 Å². The lowest BCUT2D eigenvalue weighted by atomic mass is 9.85. The summed E-state index contributed by atoms with van der Waals surface area (Å²) in [4.78, 5) is 0. The fourth-order valence-electron chi connectivity index (χ4n) is 2.83. The van der Waals surface area contributed by atoms with E-state index in [9.17, 15) is 0 Å². The van der Waals surface area contributed by atoms with Crippen molar-refractivity contribution in [1.82, 2.24) is 15.1 Å². The number of ether oxygens (including phenoxy) is 1. The molecule has 0 amide bonds. The van der Waals surface area contributed by atoms with E-state index in [1.165, 1.54) is 16.7 Å². The summed E-state index contributed by atoms with van der Waals surface area (Å²) in [5, 5.41) is 7.57. The molecule has 0 spiro atoms. The van der Waals surface area contributed by atoms with Gasteiger partial charge in [0.2, 0.25) is 0 Å². The fourth-order valence-corrected chi connectivity index (χ4v) is 2.83. The number of nitrogens with one attached hydrogen (secondary N) is 1. The third kappa shape index (κ3) is 2.15. The fraction of sp³-hybridized carbons (Fsp3) is 0.438. The largest absolute Gasteiger partial charge is 0.369 e. The van der Waals surface area contributed by atoms with Gasteiger partial charge >= 0.3 is 0 Å². The molecular weight excluding hydrogens is 250 g/mol. The number of aromatic nitrogens is 2. The van der Waals surface area contributed by atoms with Gasteiger partial charge in [0, 0.05) is 18.8 Å². The molecule has 3 rings (SSSR count). The maximum Gasteiger partial charge on any atom is 0.0879 e. The molecule has 4 heteroatoms. The normalized spacial score (nSPS) is 20.7. The summed E-state index contributed by atoms with van der Waals surface area (Å²) in [6.07, 6.45) is 3.93. The van der Waals surface area contributed by atoms with Crippen LogP contribution in [-0.2, 0) is 17.4 Å². The molecule has 0 radical (unpaired) electrons. The predicted molar refractivity (Wildman–Crippen MR) is 79.4 cm³/mol. The highest BCUT2D eigenvalue weighted by molar-refractivity contribution is 5.64. The number of benzene rings is 1. The Morgan fingerprint density at radius 2 is 2.15 bits per heavy atom. The molecule has 0 aliphatic carbocycles. The molecule has 0 saturated carbocycles. The third-order valence-electron chi connectivity index (χ3n) is 4.07. The van der Waals surface area contributed by atoms with Crippen LogP contribution in [0, 0.1) is 0 Å². The molecule has 20 heavy (non-hydrogen) atoms. The monoisotopic (exact) mass is 271 g/mol. The SMILES string of the molecule is CNC1COC(C)(C)c2cc(-c3cnn(C)c3)ccc21. The van der Waals surface area contributed by atoms with Gasteiger partial charge in [-0.25, -0.2) is 0 Å². The van der Waals surface area contributed by atoms with Crippen LogP contribution in [0.3, 0.4) is 0 Å². The van der Waals surface area contributed by atoms with Crippen LogP contribution in [0.1, 0.15) is 31.0 Å². The van der Waals surface area contributed by atoms with E-state index in [1.54, 1.807) is 0 Å². The average Bonchev–Trinajstić information content (AvgIpc) is 2.85. The second kappa shape index (κ2) is 4.72. The lowest BCUT2D eigenvalue weighted by molar-refractivity contribution is -0.0461. The van der Waals surface area contributed by atoms with Crippen LogP contribution >= 0.6 is 0 Å². The Balaban J connectivity index is 2.10. The molecule has 0 bridgehead atoms. The van der Waals surface area contributed by atoms with Crippen molar-refractivity contribution in [3.63, 3.8) is 0 Å². The first kappa shape index (κ1) is 13.3. The van der Waals surface area contributed by atoms with Crippen LogP contribution in [0.15, 0.2) is 30.6 Å². The summed E-state index contributed by atoms with van der Waals surface area (Å²) in [5.41, 5.74) is 4.66. The molecule has 1 N–H and O–H groups in total. The van der Waals surface area contributed by atoms with Gasteiger partial charge in [-0.05, 0) is 43.7 Å². The molecule has 1 unspecified atom stereocenters. The summed E-state index contributed by atoms with van der Waals surface area (Å²) in [6.45, 7) is 4.97. The molecular formula is C16H21N3O. The van der Waals surface area contributed by atoms with Gasteiger partial charge in [0.15, 0.2) is 0 Å². The van der Waals surface area contributed by atoms with E-state index in [0.717, 1.165) is 5.56 Å². The number of rotatable bonds is 2. The number of nitrogens with zero attached hydrogens (tertiary/aromatic N) is 2. The van der Waals surface area contributed by atoms with Gasteiger partial charge in [-0.1, -0.05) is 12.1 Å². The summed E-state index contributed by atoms with van der Waals surface area (Å²) in [6, 6.07) is 6.88. The highest BCUT2D eigenvalue weighted by Gasteiger charge is 2.33. The van der Waals surface area contributed by atoms with E-state index < -0.39 is 0 Å². The average molecular weight is 271 g/mol. The Hall–Kier alpha value is -1.65. The number of hydrogen-bond acceptors (Lipinski definition) is 3. The molecule has 1 aromatic carbocycles. The highest BCUT2D eigenvalue weighted by Crippen LogP contribution is 2.38. The van der Waals surface area contributed by atoms with Crippen LogP contribution in [0.25, 0.3) is 11.1 Å². The minimum absolute atomic E-state index is 0.249. The zero-order valence-corrected chi connectivity index (χ0v) is 12.5. The highest BCUT2D eigenvalue weighted by atomic mass is 16.5. The van der Waals surface area contributed by atoms with Crippen LogP contribution in [0.5, 0.6) is 0 Å². The number of fused-ring (bicyclic) bond motifs is 1. The van der Waals surface area contributed by atoms with E-state index in [0.29, 0.717) is 6.61 Å². The smallest absolute Gasteiger partial charge is 0.0879 e. The zero-order chi connectivity index (χ0) is 14.3. The first-order valence-electron chi connectivity index (χ1n) is 6.96. The van der Waals surface area contributed by atoms with Gasteiger partial charge < -0.3 is 10.1 Å². The van der Waals surface area contributed by atoms with Crippen molar-refractivity contribution < 1.29 is 4.74 Å². The molecule has 1 aliphatic heterocycles. The van der Waals surface area contributed by atoms with Crippen molar-refractivity contribution >= 4 is 0 Å². The minimum atomic E-state index is -0.249. The summed E-state index contributed by atoms with van der Waals surface area (Å²) < 4.78 is 7.83. The van der Waals surface area contributed by atoms with Gasteiger partial charge in [-0.3, -0.25) is 4.68 Å². The Bertz CT molecular complexity index is 630. The van der Waals surface area contributed by atoms with E-state index in [4.69, 9.17) is 4.74 Å². The van der Waals surface area contributed by atoms with Gasteiger partial charge in [0.1, 0.15) is 0 Å². The molecule has 1 aliphatic rings. The van der Waals surface area contributed by atoms with Crippen molar-refractivity contribution in [1.29, 1.82) is 0 Å². The zero-order valence-electron chi connectivity index (χ0n) is 12.5. The van der Waals surface area contributed by atoms with Gasteiger partial charge in [0.05, 0.1) is 24.4 Å². The van der Waals surface area contributed by atoms with Crippen LogP contribution in [0.4, 0.5) is 0 Å². The molecule has 106 valence electrons. The Morgan fingerprint density at radius 1 is 1.35 bits per heavy atom. The molecule has 2 aromatic rings. The van der Waals surface area contributed by atoms with Crippen molar-refractivity contribution in [2.75, 3.05) is 13.7 Å². The molecule has 0 fully saturated rings. The van der Waals surface area contributed by atoms with Crippen LogP contribution < -0.4 is 5.32 Å². The van der Waals surface area contributed by atoms with Crippen LogP contribution in [0.2, 0.25) is 0 Å². The third-order valence-corrected chi connectivity index (χ3v) is 4.07. The van der Waals surface area contributed by atoms with E-state index >= 15 is 0 Å². The van der Waals surface area contributed by atoms with Gasteiger partial charge in [0.25, 0.3) is 0 Å². The Morgan fingerprint density at radius 3 is 2.80 bits per heavy atom. The second-order valence-corrected chi connectivity index (χ2v) is 5.87. The lowest BCUT2D eigenvalue weighted by Gasteiger charge is -2.37. The topological polar surface area (TPSA) is 39.1 Å². The maximum absolute atomic E-state index is 6.01. The van der Waals surface area contributed by atoms with Crippen molar-refractivity contribution in [3.05, 3.63) is 41.7 Å².